The quantitative estimate of drug-likeness (QED) is 0.609. The molecular weight excluding hydrogens is 304 g/mol. The van der Waals surface area contributed by atoms with Gasteiger partial charge < -0.3 is 19.6 Å². The number of piperazine rings is 1. The molecule has 1 aromatic heterocycles. The largest absolute Gasteiger partial charge is 0.361 e. The first-order chi connectivity index (χ1) is 11.7. The standard InChI is InChI=1S/C18H24N4O2/c1-15-11-17(20-24-15)13-21-7-9-22(10-8-21)14-18(23)19-12-16-5-3-2-4-6-16/h2-6,11H,7-10,12-14H2,1H3,(H,19,23)/p+2. The second-order valence-electron chi connectivity index (χ2n) is 6.54. The lowest BCUT2D eigenvalue weighted by atomic mass is 10.2. The zero-order chi connectivity index (χ0) is 16.8. The summed E-state index contributed by atoms with van der Waals surface area (Å²) in [5.41, 5.74) is 2.16. The van der Waals surface area contributed by atoms with Crippen LogP contribution in [0, 0.1) is 6.92 Å². The first-order valence-corrected chi connectivity index (χ1v) is 8.59. The Kier molecular flexibility index (Phi) is 5.61. The molecule has 0 saturated carbocycles. The Morgan fingerprint density at radius 3 is 2.54 bits per heavy atom. The topological polar surface area (TPSA) is 64.0 Å². The molecule has 0 unspecified atom stereocenters. The normalized spacial score (nSPS) is 20.7. The van der Waals surface area contributed by atoms with Crippen molar-refractivity contribution in [1.29, 1.82) is 0 Å². The van der Waals surface area contributed by atoms with E-state index < -0.39 is 0 Å². The number of amides is 1. The van der Waals surface area contributed by atoms with Crippen LogP contribution in [0.3, 0.4) is 0 Å². The Morgan fingerprint density at radius 1 is 1.17 bits per heavy atom. The van der Waals surface area contributed by atoms with Crippen LogP contribution < -0.4 is 15.1 Å². The maximum Gasteiger partial charge on any atom is 0.275 e. The number of carbonyl (C=O) groups excluding carboxylic acids is 1. The number of benzene rings is 1. The van der Waals surface area contributed by atoms with Gasteiger partial charge in [0.1, 0.15) is 44.2 Å². The van der Waals surface area contributed by atoms with Gasteiger partial charge in [-0.25, -0.2) is 0 Å². The average Bonchev–Trinajstić information content (AvgIpc) is 3.01. The van der Waals surface area contributed by atoms with E-state index in [0.717, 1.165) is 49.7 Å². The highest BCUT2D eigenvalue weighted by Gasteiger charge is 2.25. The Bertz CT molecular complexity index is 648. The van der Waals surface area contributed by atoms with Crippen LogP contribution in [0.15, 0.2) is 40.9 Å². The van der Waals surface area contributed by atoms with Gasteiger partial charge >= 0.3 is 0 Å². The molecule has 3 N–H and O–H groups in total. The van der Waals surface area contributed by atoms with Gasteiger partial charge in [-0.05, 0) is 12.5 Å². The van der Waals surface area contributed by atoms with Crippen LogP contribution in [0.5, 0.6) is 0 Å². The van der Waals surface area contributed by atoms with Crippen molar-refractivity contribution in [3.05, 3.63) is 53.4 Å². The van der Waals surface area contributed by atoms with Gasteiger partial charge in [0.2, 0.25) is 0 Å². The molecule has 24 heavy (non-hydrogen) atoms. The van der Waals surface area contributed by atoms with E-state index in [1.54, 1.807) is 0 Å². The van der Waals surface area contributed by atoms with Crippen LogP contribution in [-0.2, 0) is 17.9 Å². The first-order valence-electron chi connectivity index (χ1n) is 8.59. The Morgan fingerprint density at radius 2 is 1.88 bits per heavy atom. The molecule has 1 saturated heterocycles. The molecule has 6 heteroatoms. The van der Waals surface area contributed by atoms with E-state index in [4.69, 9.17) is 4.52 Å². The highest BCUT2D eigenvalue weighted by atomic mass is 16.5. The van der Waals surface area contributed by atoms with Crippen molar-refractivity contribution < 1.29 is 19.1 Å². The second kappa shape index (κ2) is 8.08. The van der Waals surface area contributed by atoms with Gasteiger partial charge in [0, 0.05) is 12.6 Å². The van der Waals surface area contributed by atoms with Crippen LogP contribution in [0.1, 0.15) is 17.0 Å². The van der Waals surface area contributed by atoms with Crippen molar-refractivity contribution in [2.45, 2.75) is 20.0 Å². The molecule has 2 aromatic rings. The van der Waals surface area contributed by atoms with Crippen LogP contribution in [0.4, 0.5) is 0 Å². The molecule has 6 nitrogen and oxygen atoms in total. The maximum absolute atomic E-state index is 12.1. The predicted octanol–water partition coefficient (Wildman–Crippen LogP) is -1.42. The Labute approximate surface area is 142 Å². The number of nitrogens with one attached hydrogen (secondary N) is 3. The van der Waals surface area contributed by atoms with Crippen molar-refractivity contribution in [2.24, 2.45) is 0 Å². The van der Waals surface area contributed by atoms with Crippen LogP contribution in [0.25, 0.3) is 0 Å². The van der Waals surface area contributed by atoms with E-state index in [9.17, 15) is 4.79 Å². The lowest BCUT2D eigenvalue weighted by Gasteiger charge is -2.28. The van der Waals surface area contributed by atoms with Crippen molar-refractivity contribution in [3.8, 4) is 0 Å². The summed E-state index contributed by atoms with van der Waals surface area (Å²) in [7, 11) is 0. The zero-order valence-corrected chi connectivity index (χ0v) is 14.2. The summed E-state index contributed by atoms with van der Waals surface area (Å²) >= 11 is 0. The van der Waals surface area contributed by atoms with Gasteiger partial charge in [-0.3, -0.25) is 4.79 Å². The van der Waals surface area contributed by atoms with Crippen LogP contribution in [0.2, 0.25) is 0 Å². The van der Waals surface area contributed by atoms with Gasteiger partial charge in [-0.1, -0.05) is 35.5 Å². The molecule has 0 bridgehead atoms. The summed E-state index contributed by atoms with van der Waals surface area (Å²) in [5.74, 6) is 0.994. The summed E-state index contributed by atoms with van der Waals surface area (Å²) in [5, 5.41) is 7.07. The van der Waals surface area contributed by atoms with E-state index in [1.807, 2.05) is 43.3 Å². The van der Waals surface area contributed by atoms with E-state index in [1.165, 1.54) is 9.80 Å². The minimum atomic E-state index is 0.129. The third-order valence-corrected chi connectivity index (χ3v) is 4.52. The molecule has 0 spiro atoms. The number of hydrogen-bond donors (Lipinski definition) is 3. The fourth-order valence-electron chi connectivity index (χ4n) is 3.15. The molecule has 1 aromatic carbocycles. The minimum absolute atomic E-state index is 0.129. The molecule has 3 rings (SSSR count). The van der Waals surface area contributed by atoms with Gasteiger partial charge in [0.25, 0.3) is 5.91 Å². The fraction of sp³-hybridized carbons (Fsp3) is 0.444. The summed E-state index contributed by atoms with van der Waals surface area (Å²) < 4.78 is 5.12. The molecular formula is C18H26N4O2+2. The van der Waals surface area contributed by atoms with Crippen LogP contribution in [-0.4, -0.2) is 43.8 Å². The lowest BCUT2D eigenvalue weighted by molar-refractivity contribution is -1.02. The number of hydrogen-bond acceptors (Lipinski definition) is 3. The van der Waals surface area contributed by atoms with E-state index in [0.29, 0.717) is 13.1 Å². The van der Waals surface area contributed by atoms with Crippen LogP contribution >= 0.6 is 0 Å². The molecule has 1 amide bonds. The molecule has 128 valence electrons. The third kappa shape index (κ3) is 4.91. The van der Waals surface area contributed by atoms with Gasteiger partial charge in [-0.15, -0.1) is 0 Å². The molecule has 0 atom stereocenters. The van der Waals surface area contributed by atoms with E-state index in [-0.39, 0.29) is 5.91 Å². The van der Waals surface area contributed by atoms with Crippen molar-refractivity contribution >= 4 is 5.91 Å². The number of rotatable bonds is 6. The molecule has 0 radical (unpaired) electrons. The van der Waals surface area contributed by atoms with Gasteiger partial charge in [-0.2, -0.15) is 0 Å². The van der Waals surface area contributed by atoms with E-state index >= 15 is 0 Å². The van der Waals surface area contributed by atoms with Gasteiger partial charge in [0.05, 0.1) is 0 Å². The molecule has 0 aliphatic carbocycles. The highest BCUT2D eigenvalue weighted by molar-refractivity contribution is 5.76. The number of quaternary nitrogens is 2. The van der Waals surface area contributed by atoms with Crippen molar-refractivity contribution in [3.63, 3.8) is 0 Å². The number of carbonyl (C=O) groups is 1. The fourth-order valence-corrected chi connectivity index (χ4v) is 3.15. The van der Waals surface area contributed by atoms with Crippen molar-refractivity contribution in [1.82, 2.24) is 10.5 Å². The average molecular weight is 330 g/mol. The molecule has 1 fully saturated rings. The minimum Gasteiger partial charge on any atom is -0.361 e. The number of aromatic nitrogens is 1. The SMILES string of the molecule is Cc1cc(C[NH+]2CC[NH+](CC(=O)NCc3ccccc3)CC2)no1. The smallest absolute Gasteiger partial charge is 0.275 e. The van der Waals surface area contributed by atoms with Gasteiger partial charge in [0.15, 0.2) is 6.54 Å². The summed E-state index contributed by atoms with van der Waals surface area (Å²) in [6, 6.07) is 12.0. The predicted molar refractivity (Wildman–Crippen MR) is 89.5 cm³/mol. The number of nitrogens with zero attached hydrogens (tertiary/aromatic N) is 1. The summed E-state index contributed by atoms with van der Waals surface area (Å²) in [4.78, 5) is 15.0. The summed E-state index contributed by atoms with van der Waals surface area (Å²) in [6.07, 6.45) is 0. The van der Waals surface area contributed by atoms with E-state index in [2.05, 4.69) is 10.5 Å². The zero-order valence-electron chi connectivity index (χ0n) is 14.2. The highest BCUT2D eigenvalue weighted by Crippen LogP contribution is 1.99. The Hall–Kier alpha value is -2.18. The number of aryl methyl sites for hydroxylation is 1. The second-order valence-corrected chi connectivity index (χ2v) is 6.54. The monoisotopic (exact) mass is 330 g/mol. The third-order valence-electron chi connectivity index (χ3n) is 4.52. The molecule has 1 aliphatic heterocycles. The molecule has 1 aliphatic rings. The first kappa shape index (κ1) is 16.7. The van der Waals surface area contributed by atoms with Crippen molar-refractivity contribution in [2.75, 3.05) is 32.7 Å². The lowest BCUT2D eigenvalue weighted by Crippen LogP contribution is -3.28. The summed E-state index contributed by atoms with van der Waals surface area (Å²) in [6.45, 7) is 8.15. The molecule has 2 heterocycles. The maximum atomic E-state index is 12.1. The Balaban J connectivity index is 1.36.